The second-order valence-electron chi connectivity index (χ2n) is 7.38. The fourth-order valence-electron chi connectivity index (χ4n) is 3.34. The Kier molecular flexibility index (Phi) is 5.35. The summed E-state index contributed by atoms with van der Waals surface area (Å²) in [6.07, 6.45) is 1.68. The molecule has 2 N–H and O–H groups in total. The molecule has 1 heterocycles. The number of hydrogen-bond donors (Lipinski definition) is 2. The van der Waals surface area contributed by atoms with Gasteiger partial charge in [-0.05, 0) is 68.3 Å². The Labute approximate surface area is 175 Å². The van der Waals surface area contributed by atoms with Crippen molar-refractivity contribution in [3.05, 3.63) is 89.7 Å². The lowest BCUT2D eigenvalue weighted by Gasteiger charge is -2.08. The van der Waals surface area contributed by atoms with Crippen LogP contribution < -0.4 is 10.6 Å². The van der Waals surface area contributed by atoms with Crippen LogP contribution in [0.5, 0.6) is 0 Å². The molecule has 0 bridgehead atoms. The number of nitrogens with one attached hydrogen (secondary N) is 2. The Morgan fingerprint density at radius 3 is 2.30 bits per heavy atom. The van der Waals surface area contributed by atoms with E-state index in [1.807, 2.05) is 55.5 Å². The van der Waals surface area contributed by atoms with Gasteiger partial charge in [-0.1, -0.05) is 35.9 Å². The van der Waals surface area contributed by atoms with E-state index >= 15 is 0 Å². The third kappa shape index (κ3) is 4.41. The predicted octanol–water partition coefficient (Wildman–Crippen LogP) is 6.58. The lowest BCUT2D eigenvalue weighted by atomic mass is 10.0. The SMILES string of the molecule is Cc1cccc(NC(=O)Nc2ccc(-c3nc(-c4ccc(C)cc4C)co3)cc2)c1. The first kappa shape index (κ1) is 19.5. The van der Waals surface area contributed by atoms with Crippen LogP contribution in [-0.2, 0) is 0 Å². The van der Waals surface area contributed by atoms with Gasteiger partial charge in [0.05, 0.1) is 0 Å². The second kappa shape index (κ2) is 8.25. The summed E-state index contributed by atoms with van der Waals surface area (Å²) in [7, 11) is 0. The maximum atomic E-state index is 12.2. The molecule has 0 spiro atoms. The minimum atomic E-state index is -0.290. The average Bonchev–Trinajstić information content (AvgIpc) is 3.18. The number of hydrogen-bond acceptors (Lipinski definition) is 3. The van der Waals surface area contributed by atoms with Crippen LogP contribution in [0.25, 0.3) is 22.7 Å². The Bertz CT molecular complexity index is 1190. The topological polar surface area (TPSA) is 67.2 Å². The van der Waals surface area contributed by atoms with E-state index < -0.39 is 0 Å². The highest BCUT2D eigenvalue weighted by Gasteiger charge is 2.11. The van der Waals surface area contributed by atoms with Crippen LogP contribution in [0.1, 0.15) is 16.7 Å². The quantitative estimate of drug-likeness (QED) is 0.409. The third-order valence-corrected chi connectivity index (χ3v) is 4.83. The number of rotatable bonds is 4. The van der Waals surface area contributed by atoms with Crippen molar-refractivity contribution in [2.24, 2.45) is 0 Å². The zero-order valence-electron chi connectivity index (χ0n) is 17.2. The van der Waals surface area contributed by atoms with Gasteiger partial charge in [-0.25, -0.2) is 9.78 Å². The smallest absolute Gasteiger partial charge is 0.323 e. The molecule has 150 valence electrons. The van der Waals surface area contributed by atoms with Crippen molar-refractivity contribution in [2.75, 3.05) is 10.6 Å². The van der Waals surface area contributed by atoms with Gasteiger partial charge in [0.2, 0.25) is 5.89 Å². The molecule has 0 saturated heterocycles. The first-order chi connectivity index (χ1) is 14.5. The lowest BCUT2D eigenvalue weighted by molar-refractivity contribution is 0.262. The monoisotopic (exact) mass is 397 g/mol. The molecule has 4 rings (SSSR count). The minimum absolute atomic E-state index is 0.290. The number of aryl methyl sites for hydroxylation is 3. The van der Waals surface area contributed by atoms with Gasteiger partial charge >= 0.3 is 6.03 Å². The van der Waals surface area contributed by atoms with Crippen LogP contribution in [0.2, 0.25) is 0 Å². The molecule has 4 aromatic rings. The highest BCUT2D eigenvalue weighted by atomic mass is 16.3. The largest absolute Gasteiger partial charge is 0.444 e. The summed E-state index contributed by atoms with van der Waals surface area (Å²) in [5.41, 5.74) is 7.61. The predicted molar refractivity (Wildman–Crippen MR) is 121 cm³/mol. The number of benzene rings is 3. The summed E-state index contributed by atoms with van der Waals surface area (Å²) < 4.78 is 5.69. The van der Waals surface area contributed by atoms with Crippen LogP contribution in [0.3, 0.4) is 0 Å². The van der Waals surface area contributed by atoms with Gasteiger partial charge in [0.25, 0.3) is 0 Å². The molecule has 0 unspecified atom stereocenters. The van der Waals surface area contributed by atoms with Crippen molar-refractivity contribution in [3.8, 4) is 22.7 Å². The molecular weight excluding hydrogens is 374 g/mol. The molecule has 0 aliphatic rings. The highest BCUT2D eigenvalue weighted by molar-refractivity contribution is 5.99. The Morgan fingerprint density at radius 2 is 1.57 bits per heavy atom. The number of carbonyl (C=O) groups excluding carboxylic acids is 1. The summed E-state index contributed by atoms with van der Waals surface area (Å²) in [5.74, 6) is 0.542. The van der Waals surface area contributed by atoms with Crippen LogP contribution in [0, 0.1) is 20.8 Å². The molecule has 0 fully saturated rings. The summed E-state index contributed by atoms with van der Waals surface area (Å²) in [6.45, 7) is 6.12. The molecule has 0 aliphatic heterocycles. The van der Waals surface area contributed by atoms with Gasteiger partial charge in [0, 0.05) is 22.5 Å². The number of oxazole rings is 1. The summed E-state index contributed by atoms with van der Waals surface area (Å²) >= 11 is 0. The first-order valence-electron chi connectivity index (χ1n) is 9.76. The molecule has 5 nitrogen and oxygen atoms in total. The molecule has 0 atom stereocenters. The molecule has 2 amide bonds. The Hall–Kier alpha value is -3.86. The maximum absolute atomic E-state index is 12.2. The first-order valence-corrected chi connectivity index (χ1v) is 9.76. The molecule has 0 aliphatic carbocycles. The van der Waals surface area contributed by atoms with Gasteiger partial charge in [0.1, 0.15) is 12.0 Å². The van der Waals surface area contributed by atoms with Crippen molar-refractivity contribution in [3.63, 3.8) is 0 Å². The van der Waals surface area contributed by atoms with E-state index in [1.165, 1.54) is 5.56 Å². The number of anilines is 2. The van der Waals surface area contributed by atoms with Gasteiger partial charge in [-0.3, -0.25) is 0 Å². The fraction of sp³-hybridized carbons (Fsp3) is 0.120. The van der Waals surface area contributed by atoms with Crippen molar-refractivity contribution in [2.45, 2.75) is 20.8 Å². The summed E-state index contributed by atoms with van der Waals surface area (Å²) in [4.78, 5) is 16.8. The molecule has 30 heavy (non-hydrogen) atoms. The van der Waals surface area contributed by atoms with Crippen LogP contribution in [0.4, 0.5) is 16.2 Å². The minimum Gasteiger partial charge on any atom is -0.444 e. The zero-order chi connectivity index (χ0) is 21.1. The standard InChI is InChI=1S/C25H23N3O2/c1-16-5-4-6-21(14-16)27-25(29)26-20-10-8-19(9-11-20)24-28-23(15-30-24)22-12-7-17(2)13-18(22)3/h4-15H,1-3H3,(H2,26,27,29). The number of amides is 2. The van der Waals surface area contributed by atoms with Gasteiger partial charge in [0.15, 0.2) is 0 Å². The third-order valence-electron chi connectivity index (χ3n) is 4.83. The normalized spacial score (nSPS) is 10.6. The highest BCUT2D eigenvalue weighted by Crippen LogP contribution is 2.28. The van der Waals surface area contributed by atoms with E-state index in [0.717, 1.165) is 33.6 Å². The van der Waals surface area contributed by atoms with Crippen LogP contribution >= 0.6 is 0 Å². The number of urea groups is 1. The van der Waals surface area contributed by atoms with E-state index in [1.54, 1.807) is 6.26 Å². The second-order valence-corrected chi connectivity index (χ2v) is 7.38. The van der Waals surface area contributed by atoms with Crippen LogP contribution in [-0.4, -0.2) is 11.0 Å². The molecule has 1 aromatic heterocycles. The van der Waals surface area contributed by atoms with E-state index in [-0.39, 0.29) is 6.03 Å². The van der Waals surface area contributed by atoms with Gasteiger partial charge in [-0.15, -0.1) is 0 Å². The summed E-state index contributed by atoms with van der Waals surface area (Å²) in [5, 5.41) is 5.66. The molecule has 0 saturated carbocycles. The fourth-order valence-corrected chi connectivity index (χ4v) is 3.34. The van der Waals surface area contributed by atoms with Crippen molar-refractivity contribution in [1.82, 2.24) is 4.98 Å². The van der Waals surface area contributed by atoms with E-state index in [2.05, 4.69) is 47.7 Å². The number of aromatic nitrogens is 1. The molecule has 0 radical (unpaired) electrons. The van der Waals surface area contributed by atoms with E-state index in [4.69, 9.17) is 4.42 Å². The van der Waals surface area contributed by atoms with E-state index in [9.17, 15) is 4.79 Å². The summed E-state index contributed by atoms with van der Waals surface area (Å²) in [6, 6.07) is 21.0. The molecule has 3 aromatic carbocycles. The molecule has 5 heteroatoms. The number of nitrogens with zero attached hydrogens (tertiary/aromatic N) is 1. The maximum Gasteiger partial charge on any atom is 0.323 e. The van der Waals surface area contributed by atoms with Crippen molar-refractivity contribution in [1.29, 1.82) is 0 Å². The average molecular weight is 397 g/mol. The molecular formula is C25H23N3O2. The van der Waals surface area contributed by atoms with Crippen molar-refractivity contribution < 1.29 is 9.21 Å². The van der Waals surface area contributed by atoms with Gasteiger partial charge < -0.3 is 15.1 Å². The Balaban J connectivity index is 1.45. The van der Waals surface area contributed by atoms with Crippen molar-refractivity contribution >= 4 is 17.4 Å². The van der Waals surface area contributed by atoms with Gasteiger partial charge in [-0.2, -0.15) is 0 Å². The van der Waals surface area contributed by atoms with Crippen LogP contribution in [0.15, 0.2) is 77.4 Å². The zero-order valence-corrected chi connectivity index (χ0v) is 17.2. The Morgan fingerprint density at radius 1 is 0.833 bits per heavy atom. The number of carbonyl (C=O) groups is 1. The van der Waals surface area contributed by atoms with E-state index in [0.29, 0.717) is 11.6 Å². The lowest BCUT2D eigenvalue weighted by Crippen LogP contribution is -2.19.